The first kappa shape index (κ1) is 6.00. The van der Waals surface area contributed by atoms with Crippen molar-refractivity contribution in [2.45, 2.75) is 0 Å². The van der Waals surface area contributed by atoms with Gasteiger partial charge in [-0.1, -0.05) is 0 Å². The van der Waals surface area contributed by atoms with Gasteiger partial charge < -0.3 is 0 Å². The first-order valence-electron chi connectivity index (χ1n) is 0.690. The van der Waals surface area contributed by atoms with Crippen LogP contribution in [-0.4, -0.2) is 4.86 Å². The van der Waals surface area contributed by atoms with Crippen LogP contribution in [0.5, 0.6) is 0 Å². The molecule has 0 aliphatic rings. The van der Waals surface area contributed by atoms with E-state index in [1.807, 2.05) is 0 Å². The van der Waals surface area contributed by atoms with Crippen molar-refractivity contribution >= 4 is 24.2 Å². The third kappa shape index (κ3) is 5.00. The summed E-state index contributed by atoms with van der Waals surface area (Å²) in [4.78, 5) is 0.341. The Balaban J connectivity index is 3.14. The zero-order chi connectivity index (χ0) is 4.28. The van der Waals surface area contributed by atoms with Crippen molar-refractivity contribution in [3.63, 3.8) is 0 Å². The molecule has 0 nitrogen and oxygen atoms in total. The van der Waals surface area contributed by atoms with E-state index in [1.165, 1.54) is 0 Å². The van der Waals surface area contributed by atoms with Crippen LogP contribution in [0.25, 0.3) is 0 Å². The first-order chi connectivity index (χ1) is 2.27. The minimum atomic E-state index is -2.03. The van der Waals surface area contributed by atoms with Gasteiger partial charge in [0.15, 0.2) is 0 Å². The molecule has 0 aromatic heterocycles. The number of rotatable bonds is 0. The Morgan fingerprint density at radius 3 is 1.80 bits per heavy atom. The molecule has 0 aliphatic carbocycles. The Morgan fingerprint density at radius 2 is 1.80 bits per heavy atom. The van der Waals surface area contributed by atoms with Crippen LogP contribution in [0.1, 0.15) is 0 Å². The molecule has 5 heavy (non-hydrogen) atoms. The van der Waals surface area contributed by atoms with E-state index < -0.39 is 13.5 Å². The second-order valence-electron chi connectivity index (χ2n) is 0.282. The molecule has 0 amide bonds. The predicted octanol–water partition coefficient (Wildman–Crippen LogP) is 1.64. The molecule has 4 heteroatoms. The summed E-state index contributed by atoms with van der Waals surface area (Å²) in [7, 11) is 9.88. The molecule has 0 atom stereocenters. The summed E-state index contributed by atoms with van der Waals surface area (Å²) >= 11 is -2.03. The zero-order valence-electron chi connectivity index (χ0n) is 2.06. The summed E-state index contributed by atoms with van der Waals surface area (Å²) in [6.45, 7) is 0. The van der Waals surface area contributed by atoms with Crippen molar-refractivity contribution in [3.8, 4) is 0 Å². The molecule has 0 saturated carbocycles. The van der Waals surface area contributed by atoms with Gasteiger partial charge in [0.2, 0.25) is 0 Å². The number of hydrogen-bond donors (Lipinski definition) is 0. The fraction of sp³-hybridized carbons (Fsp3) is 0. The summed E-state index contributed by atoms with van der Waals surface area (Å²) in [5.74, 6) is 0. The van der Waals surface area contributed by atoms with Crippen LogP contribution in [-0.2, 0) is 13.5 Å². The van der Waals surface area contributed by atoms with E-state index in [4.69, 9.17) is 19.4 Å². The van der Waals surface area contributed by atoms with Crippen molar-refractivity contribution in [3.05, 3.63) is 0 Å². The molecule has 0 rings (SSSR count). The topological polar surface area (TPSA) is 0 Å². The summed E-state index contributed by atoms with van der Waals surface area (Å²) in [5, 5.41) is 0. The Bertz CT molecular complexity index is 47.6. The van der Waals surface area contributed by atoms with Crippen molar-refractivity contribution < 1.29 is 17.9 Å². The van der Waals surface area contributed by atoms with Gasteiger partial charge in [0, 0.05) is 0 Å². The predicted molar refractivity (Wildman–Crippen MR) is 18.9 cm³/mol. The molecule has 0 fully saturated rings. The second kappa shape index (κ2) is 3.20. The van der Waals surface area contributed by atoms with Crippen LogP contribution in [0.2, 0.25) is 0 Å². The van der Waals surface area contributed by atoms with Gasteiger partial charge in [-0.3, -0.25) is 0 Å². The molecule has 0 saturated heterocycles. The SMILES string of the molecule is F[CH]=[Ru]([Cl])[Cl]. The van der Waals surface area contributed by atoms with Gasteiger partial charge >= 0.3 is 42.2 Å². The monoisotopic (exact) mass is 204 g/mol. The normalized spacial score (nSPS) is 10.6. The van der Waals surface area contributed by atoms with E-state index in [-0.39, 0.29) is 0 Å². The quantitative estimate of drug-likeness (QED) is 0.526. The van der Waals surface area contributed by atoms with Crippen molar-refractivity contribution in [1.29, 1.82) is 0 Å². The van der Waals surface area contributed by atoms with Crippen molar-refractivity contribution in [1.82, 2.24) is 0 Å². The molecule has 0 aromatic rings. The minimum absolute atomic E-state index is 0.341. The van der Waals surface area contributed by atoms with Gasteiger partial charge in [0.05, 0.1) is 0 Å². The summed E-state index contributed by atoms with van der Waals surface area (Å²) in [6, 6.07) is 0. The molecule has 0 aromatic carbocycles. The van der Waals surface area contributed by atoms with Gasteiger partial charge in [-0.05, 0) is 0 Å². The Labute approximate surface area is 42.4 Å². The first-order valence-corrected chi connectivity index (χ1v) is 6.17. The summed E-state index contributed by atoms with van der Waals surface area (Å²) < 4.78 is 10.8. The molecule has 0 aliphatic heterocycles. The van der Waals surface area contributed by atoms with Crippen LogP contribution in [0.3, 0.4) is 0 Å². The van der Waals surface area contributed by atoms with Crippen LogP contribution in [0.15, 0.2) is 0 Å². The van der Waals surface area contributed by atoms with E-state index in [0.717, 1.165) is 0 Å². The molecular weight excluding hydrogens is 203 g/mol. The fourth-order valence-corrected chi connectivity index (χ4v) is 0. The van der Waals surface area contributed by atoms with Crippen LogP contribution in [0.4, 0.5) is 4.39 Å². The van der Waals surface area contributed by atoms with Gasteiger partial charge in [-0.2, -0.15) is 0 Å². The average Bonchev–Trinajstić information content (AvgIpc) is 1.38. The molecule has 0 radical (unpaired) electrons. The standard InChI is InChI=1S/CHF.2ClH.Ru/c1-2;;;/h1H;2*1H;/q;;;+2/p-2. The Kier molecular flexibility index (Phi) is 3.85. The summed E-state index contributed by atoms with van der Waals surface area (Å²) in [6.07, 6.45) is 0. The van der Waals surface area contributed by atoms with Crippen LogP contribution >= 0.6 is 19.4 Å². The maximum absolute atomic E-state index is 10.8. The summed E-state index contributed by atoms with van der Waals surface area (Å²) in [5.41, 5.74) is 0. The van der Waals surface area contributed by atoms with E-state index in [2.05, 4.69) is 0 Å². The number of halogens is 3. The molecule has 0 unspecified atom stereocenters. The molecule has 0 spiro atoms. The van der Waals surface area contributed by atoms with E-state index >= 15 is 0 Å². The van der Waals surface area contributed by atoms with E-state index in [1.54, 1.807) is 0 Å². The van der Waals surface area contributed by atoms with E-state index in [0.29, 0.717) is 4.86 Å². The average molecular weight is 204 g/mol. The van der Waals surface area contributed by atoms with Gasteiger partial charge in [-0.25, -0.2) is 0 Å². The maximum atomic E-state index is 10.8. The Morgan fingerprint density at radius 1 is 1.60 bits per heavy atom. The van der Waals surface area contributed by atoms with Gasteiger partial charge in [0.25, 0.3) is 0 Å². The van der Waals surface area contributed by atoms with Crippen LogP contribution < -0.4 is 0 Å². The van der Waals surface area contributed by atoms with E-state index in [9.17, 15) is 4.39 Å². The Hall–Kier alpha value is 1.00. The molecular formula is CHCl2FRu. The third-order valence-electron chi connectivity index (χ3n) is 0.0583. The number of hydrogen-bond acceptors (Lipinski definition) is 0. The van der Waals surface area contributed by atoms with Crippen LogP contribution in [0, 0.1) is 0 Å². The van der Waals surface area contributed by atoms with Crippen molar-refractivity contribution in [2.75, 3.05) is 0 Å². The van der Waals surface area contributed by atoms with Crippen molar-refractivity contribution in [2.24, 2.45) is 0 Å². The third-order valence-corrected chi connectivity index (χ3v) is 1.04. The fourth-order valence-electron chi connectivity index (χ4n) is 0. The second-order valence-corrected chi connectivity index (χ2v) is 5.88. The van der Waals surface area contributed by atoms with Gasteiger partial charge in [0.1, 0.15) is 0 Å². The van der Waals surface area contributed by atoms with Gasteiger partial charge in [-0.15, -0.1) is 0 Å². The molecule has 0 heterocycles. The molecule has 34 valence electrons. The molecule has 0 N–H and O–H groups in total. The zero-order valence-corrected chi connectivity index (χ0v) is 5.31. The molecule has 0 bridgehead atoms.